The molecule has 2 aromatic carbocycles. The number of rotatable bonds is 8. The number of benzene rings is 2. The highest BCUT2D eigenvalue weighted by molar-refractivity contribution is 7.99. The van der Waals surface area contributed by atoms with Crippen LogP contribution in [-0.2, 0) is 9.59 Å². The fourth-order valence-electron chi connectivity index (χ4n) is 2.52. The molecule has 1 aromatic heterocycles. The molecule has 6 nitrogen and oxygen atoms in total. The zero-order valence-corrected chi connectivity index (χ0v) is 16.5. The lowest BCUT2D eigenvalue weighted by atomic mass is 10.1. The summed E-state index contributed by atoms with van der Waals surface area (Å²) in [6.45, 7) is 0. The van der Waals surface area contributed by atoms with Crippen LogP contribution >= 0.6 is 23.4 Å². The summed E-state index contributed by atoms with van der Waals surface area (Å²) in [6, 6.07) is 17.4. The topological polar surface area (TPSA) is 86.9 Å². The summed E-state index contributed by atoms with van der Waals surface area (Å²) in [4.78, 5) is 26.1. The van der Waals surface area contributed by atoms with Gasteiger partial charge in [-0.1, -0.05) is 54.1 Å². The molecule has 3 N–H and O–H groups in total. The first-order valence-electron chi connectivity index (χ1n) is 8.65. The Morgan fingerprint density at radius 1 is 1.07 bits per heavy atom. The third-order valence-electron chi connectivity index (χ3n) is 3.88. The van der Waals surface area contributed by atoms with Gasteiger partial charge in [-0.15, -0.1) is 11.8 Å². The third kappa shape index (κ3) is 5.61. The summed E-state index contributed by atoms with van der Waals surface area (Å²) >= 11 is 7.63. The number of halogens is 1. The highest BCUT2D eigenvalue weighted by Crippen LogP contribution is 2.27. The van der Waals surface area contributed by atoms with Crippen LogP contribution in [0.15, 0.2) is 71.8 Å². The van der Waals surface area contributed by atoms with Crippen molar-refractivity contribution >= 4 is 41.0 Å². The van der Waals surface area contributed by atoms with Crippen molar-refractivity contribution in [3.63, 3.8) is 0 Å². The molecule has 0 bridgehead atoms. The molecule has 144 valence electrons. The van der Waals surface area contributed by atoms with E-state index in [1.54, 1.807) is 18.2 Å². The minimum Gasteiger partial charge on any atom is -0.340 e. The Morgan fingerprint density at radius 2 is 1.82 bits per heavy atom. The number of hydrogen-bond donors (Lipinski definition) is 3. The molecule has 28 heavy (non-hydrogen) atoms. The lowest BCUT2D eigenvalue weighted by Gasteiger charge is -2.18. The molecule has 0 aliphatic heterocycles. The molecule has 0 spiro atoms. The lowest BCUT2D eigenvalue weighted by molar-refractivity contribution is -0.126. The molecule has 0 aliphatic carbocycles. The van der Waals surface area contributed by atoms with Crippen LogP contribution in [0.2, 0.25) is 5.02 Å². The number of carbonyl (C=O) groups is 2. The number of hydrogen-bond acceptors (Lipinski definition) is 4. The van der Waals surface area contributed by atoms with Crippen molar-refractivity contribution in [1.29, 1.82) is 0 Å². The normalized spacial score (nSPS) is 11.6. The van der Waals surface area contributed by atoms with Gasteiger partial charge in [0.25, 0.3) is 5.91 Å². The Kier molecular flexibility index (Phi) is 7.11. The first-order chi connectivity index (χ1) is 13.6. The van der Waals surface area contributed by atoms with Crippen molar-refractivity contribution in [1.82, 2.24) is 15.5 Å². The minimum atomic E-state index is -0.803. The fourth-order valence-corrected chi connectivity index (χ4v) is 3.71. The van der Waals surface area contributed by atoms with E-state index in [4.69, 9.17) is 11.6 Å². The number of thioether (sulfide) groups is 1. The summed E-state index contributed by atoms with van der Waals surface area (Å²) in [5, 5.41) is 12.7. The molecule has 3 rings (SSSR count). The van der Waals surface area contributed by atoms with Gasteiger partial charge >= 0.3 is 0 Å². The molecule has 1 atom stereocenters. The van der Waals surface area contributed by atoms with Gasteiger partial charge in [0.15, 0.2) is 0 Å². The third-order valence-corrected chi connectivity index (χ3v) is 5.40. The van der Waals surface area contributed by atoms with Crippen LogP contribution in [0, 0.1) is 0 Å². The van der Waals surface area contributed by atoms with E-state index in [1.807, 2.05) is 42.5 Å². The van der Waals surface area contributed by atoms with E-state index in [-0.39, 0.29) is 18.2 Å². The van der Waals surface area contributed by atoms with Crippen molar-refractivity contribution in [2.24, 2.45) is 0 Å². The summed E-state index contributed by atoms with van der Waals surface area (Å²) in [5.41, 5.74) is 0.701. The number of amides is 2. The number of H-pyrrole nitrogens is 1. The quantitative estimate of drug-likeness (QED) is 0.485. The first kappa shape index (κ1) is 20.0. The Balaban J connectivity index is 1.61. The molecule has 8 heteroatoms. The fraction of sp³-hybridized carbons (Fsp3) is 0.150. The highest BCUT2D eigenvalue weighted by atomic mass is 35.5. The van der Waals surface area contributed by atoms with Crippen LogP contribution in [0.5, 0.6) is 0 Å². The van der Waals surface area contributed by atoms with E-state index in [0.29, 0.717) is 22.2 Å². The van der Waals surface area contributed by atoms with Gasteiger partial charge in [-0.3, -0.25) is 14.7 Å². The van der Waals surface area contributed by atoms with Gasteiger partial charge in [0.05, 0.1) is 11.2 Å². The average Bonchev–Trinajstić information content (AvgIpc) is 3.21. The van der Waals surface area contributed by atoms with Crippen molar-refractivity contribution in [3.05, 3.63) is 77.4 Å². The minimum absolute atomic E-state index is 0.215. The molecule has 0 unspecified atom stereocenters. The standard InChI is InChI=1S/C20H19ClN4O2S/c21-15-8-4-5-9-16(15)28-13-11-18(26)24-19(14-6-2-1-3-7-14)20(27)23-17-10-12-22-25-17/h1-10,12,19H,11,13H2,(H,24,26)(H2,22,23,25,27)/t19-/m1/s1. The van der Waals surface area contributed by atoms with Crippen LogP contribution in [0.4, 0.5) is 5.82 Å². The zero-order chi connectivity index (χ0) is 19.8. The maximum absolute atomic E-state index is 12.7. The first-order valence-corrected chi connectivity index (χ1v) is 10.0. The molecule has 0 saturated carbocycles. The van der Waals surface area contributed by atoms with E-state index in [0.717, 1.165) is 4.90 Å². The molecular weight excluding hydrogens is 396 g/mol. The number of aromatic amines is 1. The summed E-state index contributed by atoms with van der Waals surface area (Å²) in [6.07, 6.45) is 1.80. The predicted molar refractivity (Wildman–Crippen MR) is 111 cm³/mol. The van der Waals surface area contributed by atoms with Gasteiger partial charge in [-0.05, 0) is 17.7 Å². The SMILES string of the molecule is O=C(CCSc1ccccc1Cl)N[C@@H](C(=O)Nc1ccn[nH]1)c1ccccc1. The predicted octanol–water partition coefficient (Wildman–Crippen LogP) is 4.04. The number of anilines is 1. The number of carbonyl (C=O) groups excluding carboxylic acids is 2. The molecule has 0 saturated heterocycles. The number of nitrogens with zero attached hydrogens (tertiary/aromatic N) is 1. The Bertz CT molecular complexity index is 919. The van der Waals surface area contributed by atoms with Crippen LogP contribution in [0.1, 0.15) is 18.0 Å². The average molecular weight is 415 g/mol. The van der Waals surface area contributed by atoms with Gasteiger partial charge in [0.2, 0.25) is 5.91 Å². The Morgan fingerprint density at radius 3 is 2.54 bits per heavy atom. The molecule has 3 aromatic rings. The molecule has 0 fully saturated rings. The lowest BCUT2D eigenvalue weighted by Crippen LogP contribution is -2.37. The highest BCUT2D eigenvalue weighted by Gasteiger charge is 2.23. The zero-order valence-electron chi connectivity index (χ0n) is 14.9. The number of nitrogens with one attached hydrogen (secondary N) is 3. The maximum Gasteiger partial charge on any atom is 0.252 e. The second-order valence-electron chi connectivity index (χ2n) is 5.90. The molecule has 2 amide bonds. The molecule has 0 aliphatic rings. The van der Waals surface area contributed by atoms with E-state index >= 15 is 0 Å². The Hall–Kier alpha value is -2.77. The largest absolute Gasteiger partial charge is 0.340 e. The van der Waals surface area contributed by atoms with Gasteiger partial charge in [-0.25, -0.2) is 0 Å². The van der Waals surface area contributed by atoms with Gasteiger partial charge < -0.3 is 10.6 Å². The summed E-state index contributed by atoms with van der Waals surface area (Å²) < 4.78 is 0. The van der Waals surface area contributed by atoms with Gasteiger partial charge in [0, 0.05) is 23.1 Å². The molecular formula is C20H19ClN4O2S. The Labute approximate surface area is 172 Å². The van der Waals surface area contributed by atoms with Crippen molar-refractivity contribution < 1.29 is 9.59 Å². The smallest absolute Gasteiger partial charge is 0.252 e. The van der Waals surface area contributed by atoms with Gasteiger partial charge in [-0.2, -0.15) is 5.10 Å². The van der Waals surface area contributed by atoms with E-state index < -0.39 is 6.04 Å². The van der Waals surface area contributed by atoms with Crippen LogP contribution in [0.3, 0.4) is 0 Å². The van der Waals surface area contributed by atoms with E-state index in [2.05, 4.69) is 20.8 Å². The van der Waals surface area contributed by atoms with Crippen molar-refractivity contribution in [3.8, 4) is 0 Å². The summed E-state index contributed by atoms with van der Waals surface area (Å²) in [7, 11) is 0. The monoisotopic (exact) mass is 414 g/mol. The second kappa shape index (κ2) is 9.96. The van der Waals surface area contributed by atoms with E-state index in [1.165, 1.54) is 18.0 Å². The van der Waals surface area contributed by atoms with Crippen LogP contribution in [0.25, 0.3) is 0 Å². The van der Waals surface area contributed by atoms with Gasteiger partial charge in [0.1, 0.15) is 11.9 Å². The maximum atomic E-state index is 12.7. The number of aromatic nitrogens is 2. The van der Waals surface area contributed by atoms with Crippen molar-refractivity contribution in [2.45, 2.75) is 17.4 Å². The van der Waals surface area contributed by atoms with E-state index in [9.17, 15) is 9.59 Å². The van der Waals surface area contributed by atoms with Crippen LogP contribution < -0.4 is 10.6 Å². The summed E-state index contributed by atoms with van der Waals surface area (Å²) in [5.74, 6) is 0.462. The van der Waals surface area contributed by atoms with Crippen molar-refractivity contribution in [2.75, 3.05) is 11.1 Å². The van der Waals surface area contributed by atoms with Crippen LogP contribution in [-0.4, -0.2) is 27.8 Å². The second-order valence-corrected chi connectivity index (χ2v) is 7.44. The molecule has 1 heterocycles. The molecule has 0 radical (unpaired) electrons.